The molecule has 2 aliphatic rings. The molecular weight excluding hydrogens is 334 g/mol. The lowest BCUT2D eigenvalue weighted by atomic mass is 9.73. The number of benzene rings is 1. The molecule has 0 spiro atoms. The van der Waals surface area contributed by atoms with Crippen LogP contribution in [0.15, 0.2) is 39.3 Å². The highest BCUT2D eigenvalue weighted by Crippen LogP contribution is 2.47. The quantitative estimate of drug-likeness (QED) is 0.812. The average molecular weight is 359 g/mol. The van der Waals surface area contributed by atoms with Gasteiger partial charge in [-0.25, -0.2) is 0 Å². The standard InChI is InChI=1S/C20H25NO3S/c1-14-10-16-11-17(4-5-18(16)24-14)23-12-19-15(2)21(13-25-19)20(8-9-22)6-3-7-20/h4-5,10-11,22H,3,6-9,12-13H2,1-2H3. The fraction of sp³-hybridized carbons (Fsp3) is 0.500. The topological polar surface area (TPSA) is 45.8 Å². The number of rotatable bonds is 6. The van der Waals surface area contributed by atoms with Crippen molar-refractivity contribution >= 4 is 22.7 Å². The van der Waals surface area contributed by atoms with Gasteiger partial charge in [-0.2, -0.15) is 0 Å². The van der Waals surface area contributed by atoms with Gasteiger partial charge < -0.3 is 19.2 Å². The van der Waals surface area contributed by atoms with E-state index in [1.807, 2.05) is 43.0 Å². The monoisotopic (exact) mass is 359 g/mol. The Balaban J connectivity index is 1.46. The minimum Gasteiger partial charge on any atom is -0.488 e. The molecule has 1 aromatic carbocycles. The van der Waals surface area contributed by atoms with Crippen molar-refractivity contribution in [3.8, 4) is 5.75 Å². The third-order valence-electron chi connectivity index (χ3n) is 5.59. The first-order valence-electron chi connectivity index (χ1n) is 8.95. The van der Waals surface area contributed by atoms with Crippen molar-refractivity contribution in [3.05, 3.63) is 40.6 Å². The molecule has 1 fully saturated rings. The highest BCUT2D eigenvalue weighted by Gasteiger charge is 2.44. The van der Waals surface area contributed by atoms with E-state index in [-0.39, 0.29) is 12.1 Å². The summed E-state index contributed by atoms with van der Waals surface area (Å²) in [5.41, 5.74) is 2.40. The Hall–Kier alpha value is -1.59. The fourth-order valence-corrected chi connectivity index (χ4v) is 5.19. The van der Waals surface area contributed by atoms with Gasteiger partial charge >= 0.3 is 0 Å². The molecule has 4 rings (SSSR count). The van der Waals surface area contributed by atoms with E-state index in [2.05, 4.69) is 11.8 Å². The van der Waals surface area contributed by atoms with Crippen molar-refractivity contribution in [3.63, 3.8) is 0 Å². The molecule has 1 saturated carbocycles. The van der Waals surface area contributed by atoms with Crippen LogP contribution < -0.4 is 4.74 Å². The van der Waals surface area contributed by atoms with Crippen LogP contribution in [0.4, 0.5) is 0 Å². The third-order valence-corrected chi connectivity index (χ3v) is 6.74. The van der Waals surface area contributed by atoms with Crippen molar-refractivity contribution in [2.24, 2.45) is 0 Å². The number of aliphatic hydroxyl groups is 1. The summed E-state index contributed by atoms with van der Waals surface area (Å²) in [6, 6.07) is 8.02. The molecule has 1 N–H and O–H groups in total. The summed E-state index contributed by atoms with van der Waals surface area (Å²) >= 11 is 1.87. The van der Waals surface area contributed by atoms with Crippen molar-refractivity contribution in [1.29, 1.82) is 0 Å². The molecule has 134 valence electrons. The molecule has 2 aromatic rings. The first kappa shape index (κ1) is 16.9. The highest BCUT2D eigenvalue weighted by molar-refractivity contribution is 8.03. The fourth-order valence-electron chi connectivity index (χ4n) is 3.97. The van der Waals surface area contributed by atoms with Crippen LogP contribution in [0.2, 0.25) is 0 Å². The maximum absolute atomic E-state index is 9.44. The molecule has 0 bridgehead atoms. The lowest BCUT2D eigenvalue weighted by Gasteiger charge is -2.50. The number of fused-ring (bicyclic) bond motifs is 1. The molecule has 0 radical (unpaired) electrons. The summed E-state index contributed by atoms with van der Waals surface area (Å²) < 4.78 is 11.7. The Labute approximate surface area is 152 Å². The molecule has 5 heteroatoms. The van der Waals surface area contributed by atoms with Crippen LogP contribution in [0.25, 0.3) is 11.0 Å². The molecule has 2 heterocycles. The molecular formula is C20H25NO3S. The minimum atomic E-state index is 0.181. The largest absolute Gasteiger partial charge is 0.488 e. The van der Waals surface area contributed by atoms with Crippen molar-refractivity contribution < 1.29 is 14.3 Å². The molecule has 4 nitrogen and oxygen atoms in total. The van der Waals surface area contributed by atoms with E-state index in [0.717, 1.165) is 34.8 Å². The van der Waals surface area contributed by atoms with E-state index in [4.69, 9.17) is 9.15 Å². The Kier molecular flexibility index (Phi) is 4.46. The zero-order valence-electron chi connectivity index (χ0n) is 14.9. The predicted octanol–water partition coefficient (Wildman–Crippen LogP) is 4.66. The minimum absolute atomic E-state index is 0.181. The van der Waals surface area contributed by atoms with Gasteiger partial charge in [0, 0.05) is 28.1 Å². The Morgan fingerprint density at radius 3 is 2.84 bits per heavy atom. The van der Waals surface area contributed by atoms with Gasteiger partial charge in [0.05, 0.1) is 5.88 Å². The zero-order chi connectivity index (χ0) is 17.4. The van der Waals surface area contributed by atoms with Gasteiger partial charge in [-0.05, 0) is 63.8 Å². The molecule has 25 heavy (non-hydrogen) atoms. The summed E-state index contributed by atoms with van der Waals surface area (Å²) in [7, 11) is 0. The molecule has 0 saturated heterocycles. The summed E-state index contributed by atoms with van der Waals surface area (Å²) in [5.74, 6) is 2.77. The molecule has 1 aliphatic carbocycles. The van der Waals surface area contributed by atoms with E-state index >= 15 is 0 Å². The maximum atomic E-state index is 9.44. The number of hydrogen-bond acceptors (Lipinski definition) is 5. The highest BCUT2D eigenvalue weighted by atomic mass is 32.2. The van der Waals surface area contributed by atoms with Crippen LogP contribution in [0, 0.1) is 6.92 Å². The van der Waals surface area contributed by atoms with E-state index in [0.29, 0.717) is 6.61 Å². The average Bonchev–Trinajstić information content (AvgIpc) is 3.10. The normalized spacial score (nSPS) is 19.6. The summed E-state index contributed by atoms with van der Waals surface area (Å²) in [4.78, 5) is 3.80. The summed E-state index contributed by atoms with van der Waals surface area (Å²) in [6.45, 7) is 5.02. The van der Waals surface area contributed by atoms with Gasteiger partial charge in [0.1, 0.15) is 23.7 Å². The van der Waals surface area contributed by atoms with Crippen molar-refractivity contribution in [2.45, 2.75) is 45.1 Å². The number of nitrogens with zero attached hydrogens (tertiary/aromatic N) is 1. The number of ether oxygens (including phenoxy) is 1. The zero-order valence-corrected chi connectivity index (χ0v) is 15.7. The molecule has 0 atom stereocenters. The van der Waals surface area contributed by atoms with Gasteiger partial charge in [0.2, 0.25) is 0 Å². The van der Waals surface area contributed by atoms with Gasteiger partial charge in [-0.3, -0.25) is 0 Å². The molecule has 1 aliphatic heterocycles. The lowest BCUT2D eigenvalue weighted by Crippen LogP contribution is -2.52. The molecule has 0 amide bonds. The Bertz CT molecular complexity index is 806. The van der Waals surface area contributed by atoms with Crippen molar-refractivity contribution in [1.82, 2.24) is 4.90 Å². The van der Waals surface area contributed by atoms with E-state index in [1.54, 1.807) is 0 Å². The number of aliphatic hydroxyl groups excluding tert-OH is 1. The number of allylic oxidation sites excluding steroid dienone is 1. The van der Waals surface area contributed by atoms with Crippen molar-refractivity contribution in [2.75, 3.05) is 19.1 Å². The van der Waals surface area contributed by atoms with E-state index < -0.39 is 0 Å². The van der Waals surface area contributed by atoms with Gasteiger partial charge in [0.15, 0.2) is 0 Å². The number of thioether (sulfide) groups is 1. The van der Waals surface area contributed by atoms with Gasteiger partial charge in [0.25, 0.3) is 0 Å². The maximum Gasteiger partial charge on any atom is 0.134 e. The second kappa shape index (κ2) is 6.61. The second-order valence-corrected chi connectivity index (χ2v) is 8.15. The lowest BCUT2D eigenvalue weighted by molar-refractivity contribution is 0.0367. The second-order valence-electron chi connectivity index (χ2n) is 7.11. The number of hydrogen-bond donors (Lipinski definition) is 1. The third kappa shape index (κ3) is 3.04. The Morgan fingerprint density at radius 1 is 1.28 bits per heavy atom. The van der Waals surface area contributed by atoms with E-state index in [1.165, 1.54) is 29.9 Å². The van der Waals surface area contributed by atoms with Crippen LogP contribution in [0.5, 0.6) is 5.75 Å². The van der Waals surface area contributed by atoms with Gasteiger partial charge in [-0.1, -0.05) is 0 Å². The van der Waals surface area contributed by atoms with Crippen LogP contribution >= 0.6 is 11.8 Å². The summed E-state index contributed by atoms with van der Waals surface area (Å²) in [6.07, 6.45) is 4.52. The van der Waals surface area contributed by atoms with E-state index in [9.17, 15) is 5.11 Å². The smallest absolute Gasteiger partial charge is 0.134 e. The van der Waals surface area contributed by atoms with Gasteiger partial charge in [-0.15, -0.1) is 11.8 Å². The van der Waals surface area contributed by atoms with Crippen LogP contribution in [0.1, 0.15) is 38.4 Å². The van der Waals surface area contributed by atoms with Crippen LogP contribution in [-0.2, 0) is 0 Å². The first-order valence-corrected chi connectivity index (χ1v) is 9.94. The Morgan fingerprint density at radius 2 is 2.12 bits per heavy atom. The number of aryl methyl sites for hydroxylation is 1. The van der Waals surface area contributed by atoms with Crippen LogP contribution in [0.3, 0.4) is 0 Å². The predicted molar refractivity (Wildman–Crippen MR) is 102 cm³/mol. The summed E-state index contributed by atoms with van der Waals surface area (Å²) in [5, 5.41) is 10.5. The molecule has 0 unspecified atom stereocenters. The van der Waals surface area contributed by atoms with Crippen LogP contribution in [-0.4, -0.2) is 34.6 Å². The number of furan rings is 1. The molecule has 1 aromatic heterocycles. The first-order chi connectivity index (χ1) is 12.1. The SMILES string of the molecule is CC1=C(COc2ccc3oc(C)cc3c2)SCN1C1(CCO)CCC1.